The van der Waals surface area contributed by atoms with Gasteiger partial charge in [-0.3, -0.25) is 0 Å². The van der Waals surface area contributed by atoms with E-state index in [0.717, 1.165) is 12.5 Å². The van der Waals surface area contributed by atoms with Gasteiger partial charge in [0.2, 0.25) is 0 Å². The third-order valence-electron chi connectivity index (χ3n) is 4.45. The third-order valence-corrected chi connectivity index (χ3v) is 4.45. The molecule has 0 radical (unpaired) electrons. The summed E-state index contributed by atoms with van der Waals surface area (Å²) in [6.07, 6.45) is 21.3. The molecule has 0 fully saturated rings. The quantitative estimate of drug-likeness (QED) is 0.323. The van der Waals surface area contributed by atoms with Crippen LogP contribution in [-0.4, -0.2) is 6.54 Å². The van der Waals surface area contributed by atoms with Gasteiger partial charge in [-0.25, -0.2) is 0 Å². The second kappa shape index (κ2) is 17.0. The van der Waals surface area contributed by atoms with Gasteiger partial charge in [0.25, 0.3) is 0 Å². The van der Waals surface area contributed by atoms with Crippen LogP contribution in [0, 0.1) is 5.92 Å². The Morgan fingerprint density at radius 3 is 1.45 bits per heavy atom. The Hall–Kier alpha value is -0.0400. The average molecular weight is 284 g/mol. The Morgan fingerprint density at radius 2 is 1.00 bits per heavy atom. The summed E-state index contributed by atoms with van der Waals surface area (Å²) >= 11 is 0. The predicted molar refractivity (Wildman–Crippen MR) is 93.1 cm³/mol. The van der Waals surface area contributed by atoms with Crippen LogP contribution >= 0.6 is 0 Å². The zero-order valence-electron chi connectivity index (χ0n) is 14.5. The van der Waals surface area contributed by atoms with Crippen molar-refractivity contribution in [3.63, 3.8) is 0 Å². The molecule has 1 unspecified atom stereocenters. The van der Waals surface area contributed by atoms with Gasteiger partial charge in [-0.2, -0.15) is 0 Å². The van der Waals surface area contributed by atoms with Crippen LogP contribution in [0.5, 0.6) is 0 Å². The van der Waals surface area contributed by atoms with E-state index in [1.165, 1.54) is 96.3 Å². The van der Waals surface area contributed by atoms with Crippen molar-refractivity contribution >= 4 is 0 Å². The molecular formula is C19H41N. The highest BCUT2D eigenvalue weighted by molar-refractivity contribution is 4.55. The first kappa shape index (κ1) is 20.0. The van der Waals surface area contributed by atoms with Crippen LogP contribution in [0.4, 0.5) is 0 Å². The van der Waals surface area contributed by atoms with Gasteiger partial charge in [0, 0.05) is 0 Å². The largest absolute Gasteiger partial charge is 0.330 e. The van der Waals surface area contributed by atoms with Gasteiger partial charge in [-0.05, 0) is 18.9 Å². The highest BCUT2D eigenvalue weighted by Crippen LogP contribution is 2.17. The predicted octanol–water partition coefficient (Wildman–Crippen LogP) is 6.45. The molecule has 20 heavy (non-hydrogen) atoms. The molecule has 2 N–H and O–H groups in total. The molecule has 0 bridgehead atoms. The number of unbranched alkanes of at least 4 members (excludes halogenated alkanes) is 11. The van der Waals surface area contributed by atoms with Crippen LogP contribution < -0.4 is 5.73 Å². The fourth-order valence-corrected chi connectivity index (χ4v) is 2.94. The average Bonchev–Trinajstić information content (AvgIpc) is 2.45. The maximum Gasteiger partial charge on any atom is -0.00773 e. The highest BCUT2D eigenvalue weighted by Gasteiger charge is 2.01. The van der Waals surface area contributed by atoms with Crippen LogP contribution in [-0.2, 0) is 0 Å². The van der Waals surface area contributed by atoms with Crippen molar-refractivity contribution < 1.29 is 0 Å². The lowest BCUT2D eigenvalue weighted by atomic mass is 9.96. The van der Waals surface area contributed by atoms with Gasteiger partial charge in [0.1, 0.15) is 0 Å². The molecule has 122 valence electrons. The normalized spacial score (nSPS) is 12.8. The molecule has 1 atom stereocenters. The number of hydrogen-bond acceptors (Lipinski definition) is 1. The third kappa shape index (κ3) is 16.0. The minimum Gasteiger partial charge on any atom is -0.330 e. The summed E-state index contributed by atoms with van der Waals surface area (Å²) in [5, 5.41) is 0. The lowest BCUT2D eigenvalue weighted by Gasteiger charge is -2.10. The summed E-state index contributed by atoms with van der Waals surface area (Å²) in [7, 11) is 0. The molecule has 0 saturated heterocycles. The molecule has 0 aliphatic heterocycles. The molecule has 0 aromatic heterocycles. The topological polar surface area (TPSA) is 26.0 Å². The van der Waals surface area contributed by atoms with E-state index in [0.29, 0.717) is 0 Å². The monoisotopic (exact) mass is 283 g/mol. The van der Waals surface area contributed by atoms with Gasteiger partial charge in [0.15, 0.2) is 0 Å². The Kier molecular flexibility index (Phi) is 17.0. The fraction of sp³-hybridized carbons (Fsp3) is 1.00. The van der Waals surface area contributed by atoms with Gasteiger partial charge in [-0.15, -0.1) is 0 Å². The molecule has 0 amide bonds. The zero-order valence-corrected chi connectivity index (χ0v) is 14.5. The van der Waals surface area contributed by atoms with Gasteiger partial charge >= 0.3 is 0 Å². The van der Waals surface area contributed by atoms with E-state index in [1.807, 2.05) is 0 Å². The SMILES string of the molecule is CCCCCCCCCCCCCC(C)CCCCN. The fourth-order valence-electron chi connectivity index (χ4n) is 2.94. The summed E-state index contributed by atoms with van der Waals surface area (Å²) in [5.41, 5.74) is 5.53. The molecule has 0 aliphatic carbocycles. The first-order valence-electron chi connectivity index (χ1n) is 9.51. The van der Waals surface area contributed by atoms with Crippen LogP contribution in [0.1, 0.15) is 110 Å². The molecule has 0 spiro atoms. The summed E-state index contributed by atoms with van der Waals surface area (Å²) in [6, 6.07) is 0. The van der Waals surface area contributed by atoms with E-state index in [1.54, 1.807) is 0 Å². The van der Waals surface area contributed by atoms with Crippen molar-refractivity contribution in [1.82, 2.24) is 0 Å². The second-order valence-corrected chi connectivity index (χ2v) is 6.71. The molecule has 0 rings (SSSR count). The van der Waals surface area contributed by atoms with Gasteiger partial charge in [-0.1, -0.05) is 104 Å². The maximum absolute atomic E-state index is 5.53. The van der Waals surface area contributed by atoms with E-state index in [2.05, 4.69) is 13.8 Å². The van der Waals surface area contributed by atoms with Crippen molar-refractivity contribution in [3.8, 4) is 0 Å². The first-order valence-corrected chi connectivity index (χ1v) is 9.51. The molecule has 0 saturated carbocycles. The van der Waals surface area contributed by atoms with Crippen LogP contribution in [0.15, 0.2) is 0 Å². The first-order chi connectivity index (χ1) is 9.81. The molecule has 1 heteroatoms. The molecule has 0 aromatic rings. The summed E-state index contributed by atoms with van der Waals surface area (Å²) in [5.74, 6) is 0.917. The van der Waals surface area contributed by atoms with Gasteiger partial charge in [0.05, 0.1) is 0 Å². The van der Waals surface area contributed by atoms with E-state index < -0.39 is 0 Å². The molecule has 0 aromatic carbocycles. The minimum atomic E-state index is 0.866. The Bertz CT molecular complexity index is 167. The highest BCUT2D eigenvalue weighted by atomic mass is 14.5. The van der Waals surface area contributed by atoms with Gasteiger partial charge < -0.3 is 5.73 Å². The van der Waals surface area contributed by atoms with E-state index in [-0.39, 0.29) is 0 Å². The smallest absolute Gasteiger partial charge is 0.00773 e. The van der Waals surface area contributed by atoms with Crippen molar-refractivity contribution in [1.29, 1.82) is 0 Å². The van der Waals surface area contributed by atoms with E-state index >= 15 is 0 Å². The molecular weight excluding hydrogens is 242 g/mol. The van der Waals surface area contributed by atoms with Crippen molar-refractivity contribution in [2.24, 2.45) is 11.7 Å². The van der Waals surface area contributed by atoms with Crippen molar-refractivity contribution in [2.75, 3.05) is 6.54 Å². The van der Waals surface area contributed by atoms with Crippen molar-refractivity contribution in [2.45, 2.75) is 110 Å². The number of nitrogens with two attached hydrogens (primary N) is 1. The maximum atomic E-state index is 5.53. The van der Waals surface area contributed by atoms with Crippen LogP contribution in [0.3, 0.4) is 0 Å². The molecule has 0 aliphatic rings. The Balaban J connectivity index is 3.05. The second-order valence-electron chi connectivity index (χ2n) is 6.71. The summed E-state index contributed by atoms with van der Waals surface area (Å²) < 4.78 is 0. The Morgan fingerprint density at radius 1 is 0.600 bits per heavy atom. The minimum absolute atomic E-state index is 0.866. The van der Waals surface area contributed by atoms with Crippen LogP contribution in [0.25, 0.3) is 0 Å². The summed E-state index contributed by atoms with van der Waals surface area (Å²) in [4.78, 5) is 0. The van der Waals surface area contributed by atoms with Crippen LogP contribution in [0.2, 0.25) is 0 Å². The molecule has 0 heterocycles. The zero-order chi connectivity index (χ0) is 14.9. The lowest BCUT2D eigenvalue weighted by molar-refractivity contribution is 0.438. The number of rotatable bonds is 16. The summed E-state index contributed by atoms with van der Waals surface area (Å²) in [6.45, 7) is 5.57. The van der Waals surface area contributed by atoms with E-state index in [9.17, 15) is 0 Å². The standard InChI is InChI=1S/C19H41N/c1-3-4-5-6-7-8-9-10-11-12-13-16-19(2)17-14-15-18-20/h19H,3-18,20H2,1-2H3. The van der Waals surface area contributed by atoms with E-state index in [4.69, 9.17) is 5.73 Å². The Labute approximate surface area is 129 Å². The molecule has 1 nitrogen and oxygen atoms in total. The van der Waals surface area contributed by atoms with Crippen molar-refractivity contribution in [3.05, 3.63) is 0 Å². The lowest BCUT2D eigenvalue weighted by Crippen LogP contribution is -2.00. The number of hydrogen-bond donors (Lipinski definition) is 1.